The second-order valence-corrected chi connectivity index (χ2v) is 8.15. The number of carbonyl (C=O) groups is 2. The van der Waals surface area contributed by atoms with Gasteiger partial charge in [-0.1, -0.05) is 24.3 Å². The van der Waals surface area contributed by atoms with Crippen LogP contribution < -0.4 is 0 Å². The van der Waals surface area contributed by atoms with Gasteiger partial charge in [-0.05, 0) is 48.6 Å². The highest BCUT2D eigenvalue weighted by Gasteiger charge is 2.42. The molecule has 2 amide bonds. The zero-order valence-electron chi connectivity index (χ0n) is 15.3. The minimum atomic E-state index is 0.0213. The standard InChI is InChI=1S/C21H28N2O3/c24-14-13-23-15-21(8-7-19(23)25)9-11-22(12-10-21)20(26)18-6-5-16-3-1-2-4-17(16)18/h1-4,18,24H,5-15H2. The Morgan fingerprint density at radius 1 is 1.15 bits per heavy atom. The van der Waals surface area contributed by atoms with Crippen molar-refractivity contribution in [3.05, 3.63) is 35.4 Å². The number of aryl methyl sites for hydroxylation is 1. The number of nitrogens with zero attached hydrogens (tertiary/aromatic N) is 2. The molecule has 2 saturated heterocycles. The van der Waals surface area contributed by atoms with E-state index in [-0.39, 0.29) is 29.8 Å². The number of aliphatic hydroxyl groups is 1. The van der Waals surface area contributed by atoms with Crippen LogP contribution in [0.2, 0.25) is 0 Å². The number of hydrogen-bond acceptors (Lipinski definition) is 3. The van der Waals surface area contributed by atoms with E-state index in [0.29, 0.717) is 13.0 Å². The number of fused-ring (bicyclic) bond motifs is 1. The van der Waals surface area contributed by atoms with E-state index in [1.807, 2.05) is 15.9 Å². The lowest BCUT2D eigenvalue weighted by Gasteiger charge is -2.47. The van der Waals surface area contributed by atoms with Gasteiger partial charge in [0.2, 0.25) is 11.8 Å². The largest absolute Gasteiger partial charge is 0.395 e. The van der Waals surface area contributed by atoms with E-state index in [4.69, 9.17) is 0 Å². The lowest BCUT2D eigenvalue weighted by atomic mass is 9.72. The van der Waals surface area contributed by atoms with Gasteiger partial charge in [-0.2, -0.15) is 0 Å². The van der Waals surface area contributed by atoms with Crippen LogP contribution >= 0.6 is 0 Å². The number of carbonyl (C=O) groups excluding carboxylic acids is 2. The Balaban J connectivity index is 1.39. The Morgan fingerprint density at radius 3 is 2.69 bits per heavy atom. The maximum atomic E-state index is 13.1. The molecule has 1 spiro atoms. The predicted octanol–water partition coefficient (Wildman–Crippen LogP) is 1.94. The van der Waals surface area contributed by atoms with Crippen LogP contribution in [0.15, 0.2) is 24.3 Å². The first-order valence-corrected chi connectivity index (χ1v) is 9.87. The molecule has 2 fully saturated rings. The van der Waals surface area contributed by atoms with Crippen LogP contribution in [0, 0.1) is 5.41 Å². The Hall–Kier alpha value is -1.88. The Morgan fingerprint density at radius 2 is 1.92 bits per heavy atom. The number of hydrogen-bond donors (Lipinski definition) is 1. The maximum absolute atomic E-state index is 13.1. The molecule has 1 unspecified atom stereocenters. The van der Waals surface area contributed by atoms with Crippen molar-refractivity contribution in [3.63, 3.8) is 0 Å². The average molecular weight is 356 g/mol. The van der Waals surface area contributed by atoms with E-state index < -0.39 is 0 Å². The molecule has 0 bridgehead atoms. The van der Waals surface area contributed by atoms with Crippen LogP contribution in [0.5, 0.6) is 0 Å². The fourth-order valence-electron chi connectivity index (χ4n) is 5.07. The topological polar surface area (TPSA) is 60.9 Å². The van der Waals surface area contributed by atoms with Crippen LogP contribution in [0.4, 0.5) is 0 Å². The van der Waals surface area contributed by atoms with Gasteiger partial charge in [0, 0.05) is 32.6 Å². The monoisotopic (exact) mass is 356 g/mol. The van der Waals surface area contributed by atoms with Crippen molar-refractivity contribution < 1.29 is 14.7 Å². The summed E-state index contributed by atoms with van der Waals surface area (Å²) in [5.41, 5.74) is 2.67. The summed E-state index contributed by atoms with van der Waals surface area (Å²) in [7, 11) is 0. The smallest absolute Gasteiger partial charge is 0.230 e. The van der Waals surface area contributed by atoms with Gasteiger partial charge in [-0.25, -0.2) is 0 Å². The van der Waals surface area contributed by atoms with Gasteiger partial charge in [0.1, 0.15) is 0 Å². The molecule has 1 N–H and O–H groups in total. The number of piperidine rings is 2. The molecular formula is C21H28N2O3. The molecule has 2 aliphatic heterocycles. The van der Waals surface area contributed by atoms with Crippen molar-refractivity contribution in [2.45, 2.75) is 44.4 Å². The minimum Gasteiger partial charge on any atom is -0.395 e. The lowest BCUT2D eigenvalue weighted by Crippen LogP contribution is -2.53. The fraction of sp³-hybridized carbons (Fsp3) is 0.619. The Labute approximate surface area is 155 Å². The molecule has 4 rings (SSSR count). The Bertz CT molecular complexity index is 694. The van der Waals surface area contributed by atoms with Crippen LogP contribution in [0.1, 0.15) is 49.1 Å². The molecule has 3 aliphatic rings. The van der Waals surface area contributed by atoms with Crippen LogP contribution in [-0.4, -0.2) is 59.5 Å². The summed E-state index contributed by atoms with van der Waals surface area (Å²) in [6, 6.07) is 8.34. The first kappa shape index (κ1) is 17.5. The number of β-amino-alcohol motifs (C(OH)–C–C–N with tert-alkyl or cyclic N) is 1. The quantitative estimate of drug-likeness (QED) is 0.900. The molecule has 1 aromatic rings. The predicted molar refractivity (Wildman–Crippen MR) is 98.7 cm³/mol. The normalized spacial score (nSPS) is 24.8. The van der Waals surface area contributed by atoms with Gasteiger partial charge in [-0.3, -0.25) is 9.59 Å². The van der Waals surface area contributed by atoms with Gasteiger partial charge in [0.25, 0.3) is 0 Å². The lowest BCUT2D eigenvalue weighted by molar-refractivity contribution is -0.143. The van der Waals surface area contributed by atoms with Crippen LogP contribution in [0.3, 0.4) is 0 Å². The zero-order valence-corrected chi connectivity index (χ0v) is 15.3. The van der Waals surface area contributed by atoms with Crippen LogP contribution in [0.25, 0.3) is 0 Å². The molecule has 1 atom stereocenters. The van der Waals surface area contributed by atoms with E-state index in [1.165, 1.54) is 11.1 Å². The molecule has 5 nitrogen and oxygen atoms in total. The van der Waals surface area contributed by atoms with Crippen molar-refractivity contribution in [1.29, 1.82) is 0 Å². The summed E-state index contributed by atoms with van der Waals surface area (Å²) in [4.78, 5) is 29.0. The highest BCUT2D eigenvalue weighted by molar-refractivity contribution is 5.85. The first-order chi connectivity index (χ1) is 12.6. The molecule has 1 aliphatic carbocycles. The third-order valence-corrected chi connectivity index (χ3v) is 6.68. The second kappa shape index (κ2) is 7.03. The van der Waals surface area contributed by atoms with Crippen molar-refractivity contribution >= 4 is 11.8 Å². The van der Waals surface area contributed by atoms with E-state index >= 15 is 0 Å². The van der Waals surface area contributed by atoms with Crippen molar-refractivity contribution in [1.82, 2.24) is 9.80 Å². The second-order valence-electron chi connectivity index (χ2n) is 8.15. The molecule has 0 radical (unpaired) electrons. The Kier molecular flexibility index (Phi) is 4.74. The molecule has 2 heterocycles. The summed E-state index contributed by atoms with van der Waals surface area (Å²) < 4.78 is 0. The number of benzene rings is 1. The molecule has 0 saturated carbocycles. The highest BCUT2D eigenvalue weighted by atomic mass is 16.3. The van der Waals surface area contributed by atoms with Crippen LogP contribution in [-0.2, 0) is 16.0 Å². The van der Waals surface area contributed by atoms with Gasteiger partial charge >= 0.3 is 0 Å². The summed E-state index contributed by atoms with van der Waals surface area (Å²) in [5.74, 6) is 0.466. The summed E-state index contributed by atoms with van der Waals surface area (Å²) in [6.07, 6.45) is 5.35. The number of aliphatic hydroxyl groups excluding tert-OH is 1. The number of rotatable bonds is 3. The molecule has 26 heavy (non-hydrogen) atoms. The minimum absolute atomic E-state index is 0.0213. The van der Waals surface area contributed by atoms with Gasteiger partial charge in [0.15, 0.2) is 0 Å². The first-order valence-electron chi connectivity index (χ1n) is 9.87. The average Bonchev–Trinajstić information content (AvgIpc) is 3.09. The maximum Gasteiger partial charge on any atom is 0.230 e. The number of amides is 2. The molecular weight excluding hydrogens is 328 g/mol. The molecule has 5 heteroatoms. The third-order valence-electron chi connectivity index (χ3n) is 6.68. The van der Waals surface area contributed by atoms with Crippen molar-refractivity contribution in [2.75, 3.05) is 32.8 Å². The summed E-state index contributed by atoms with van der Waals surface area (Å²) in [6.45, 7) is 2.77. The van der Waals surface area contributed by atoms with E-state index in [0.717, 1.165) is 51.7 Å². The van der Waals surface area contributed by atoms with E-state index in [9.17, 15) is 14.7 Å². The SMILES string of the molecule is O=C1CCC2(CCN(C(=O)C3CCc4ccccc43)CC2)CN1CCO. The zero-order chi connectivity index (χ0) is 18.1. The van der Waals surface area contributed by atoms with E-state index in [1.54, 1.807) is 0 Å². The fourth-order valence-corrected chi connectivity index (χ4v) is 5.07. The van der Waals surface area contributed by atoms with Gasteiger partial charge in [-0.15, -0.1) is 0 Å². The van der Waals surface area contributed by atoms with Crippen molar-refractivity contribution in [2.24, 2.45) is 5.41 Å². The van der Waals surface area contributed by atoms with Crippen molar-refractivity contribution in [3.8, 4) is 0 Å². The highest BCUT2D eigenvalue weighted by Crippen LogP contribution is 2.41. The van der Waals surface area contributed by atoms with Gasteiger partial charge < -0.3 is 14.9 Å². The van der Waals surface area contributed by atoms with E-state index in [2.05, 4.69) is 18.2 Å². The molecule has 1 aromatic carbocycles. The third kappa shape index (κ3) is 3.13. The van der Waals surface area contributed by atoms with Gasteiger partial charge in [0.05, 0.1) is 12.5 Å². The molecule has 0 aromatic heterocycles. The summed E-state index contributed by atoms with van der Waals surface area (Å²) in [5, 5.41) is 9.19. The number of likely N-dealkylation sites (tertiary alicyclic amines) is 2. The molecule has 140 valence electrons. The summed E-state index contributed by atoms with van der Waals surface area (Å²) >= 11 is 0.